The van der Waals surface area contributed by atoms with Gasteiger partial charge in [0.05, 0.1) is 33.0 Å². The van der Waals surface area contributed by atoms with Crippen molar-refractivity contribution < 1.29 is 22.7 Å². The molecule has 0 saturated heterocycles. The highest BCUT2D eigenvalue weighted by molar-refractivity contribution is 7.92. The zero-order chi connectivity index (χ0) is 25.6. The summed E-state index contributed by atoms with van der Waals surface area (Å²) >= 11 is 0. The van der Waals surface area contributed by atoms with E-state index in [1.54, 1.807) is 48.5 Å². The fourth-order valence-electron chi connectivity index (χ4n) is 4.12. The van der Waals surface area contributed by atoms with Crippen molar-refractivity contribution in [2.24, 2.45) is 0 Å². The molecule has 1 aliphatic carbocycles. The number of ketones is 2. The molecular weight excluding hydrogens is 478 g/mol. The molecule has 0 spiro atoms. The van der Waals surface area contributed by atoms with Gasteiger partial charge in [-0.15, -0.1) is 0 Å². The fourth-order valence-corrected chi connectivity index (χ4v) is 5.18. The number of hydrogen-bond acceptors (Lipinski definition) is 7. The van der Waals surface area contributed by atoms with E-state index >= 15 is 0 Å². The van der Waals surface area contributed by atoms with Gasteiger partial charge in [0.15, 0.2) is 17.3 Å². The van der Waals surface area contributed by atoms with E-state index in [2.05, 4.69) is 4.72 Å². The minimum absolute atomic E-state index is 0.00177. The van der Waals surface area contributed by atoms with Gasteiger partial charge in [-0.1, -0.05) is 48.0 Å². The van der Waals surface area contributed by atoms with Crippen LogP contribution in [0.15, 0.2) is 83.8 Å². The van der Waals surface area contributed by atoms with Crippen molar-refractivity contribution in [3.05, 3.63) is 107 Å². The van der Waals surface area contributed by atoms with E-state index in [4.69, 9.17) is 16.2 Å². The number of fused-ring (bicyclic) bond motifs is 2. The molecule has 180 valence electrons. The molecule has 5 rings (SSSR count). The fraction of sp³-hybridized carbons (Fsp3) is 0.0370. The lowest BCUT2D eigenvalue weighted by Crippen LogP contribution is -2.26. The Bertz CT molecular complexity index is 1650. The average Bonchev–Trinajstić information content (AvgIpc) is 2.85. The molecule has 5 N–H and O–H groups in total. The Hall–Kier alpha value is -4.63. The van der Waals surface area contributed by atoms with Gasteiger partial charge in [-0.05, 0) is 37.3 Å². The summed E-state index contributed by atoms with van der Waals surface area (Å²) < 4.78 is 34.9. The van der Waals surface area contributed by atoms with Crippen LogP contribution in [0.4, 0.5) is 17.1 Å². The van der Waals surface area contributed by atoms with Crippen LogP contribution >= 0.6 is 0 Å². The number of benzene rings is 4. The molecule has 0 aliphatic heterocycles. The molecule has 0 atom stereocenters. The van der Waals surface area contributed by atoms with Crippen LogP contribution in [0.1, 0.15) is 37.4 Å². The van der Waals surface area contributed by atoms with Gasteiger partial charge in [-0.3, -0.25) is 14.3 Å². The van der Waals surface area contributed by atoms with Crippen LogP contribution in [0.5, 0.6) is 11.5 Å². The van der Waals surface area contributed by atoms with Crippen LogP contribution in [0, 0.1) is 6.92 Å². The van der Waals surface area contributed by atoms with Crippen molar-refractivity contribution in [3.63, 3.8) is 0 Å². The van der Waals surface area contributed by atoms with Crippen molar-refractivity contribution >= 4 is 38.7 Å². The van der Waals surface area contributed by atoms with Gasteiger partial charge >= 0.3 is 0 Å². The second kappa shape index (κ2) is 8.54. The van der Waals surface area contributed by atoms with Crippen molar-refractivity contribution in [1.29, 1.82) is 0 Å². The van der Waals surface area contributed by atoms with Crippen molar-refractivity contribution in [1.82, 2.24) is 0 Å². The van der Waals surface area contributed by atoms with Gasteiger partial charge in [-0.25, -0.2) is 8.42 Å². The monoisotopic (exact) mass is 499 g/mol. The molecule has 0 saturated carbocycles. The molecule has 9 heteroatoms. The second-order valence-corrected chi connectivity index (χ2v) is 10.0. The maximum absolute atomic E-state index is 13.6. The van der Waals surface area contributed by atoms with Crippen LogP contribution in [0.3, 0.4) is 0 Å². The second-order valence-electron chi connectivity index (χ2n) is 8.35. The number of aryl methyl sites for hydroxylation is 1. The number of nitrogens with two attached hydrogens (primary N) is 2. The standard InChI is InChI=1S/C27H21N3O5S/c1-15-10-12-17(13-11-15)36(33,34)30-20-14-21(35-16-6-3-2-4-7-16)25(29)24-23(20)27(32)22-18(26(24)31)8-5-9-19(22)28/h2-14,30H,28-29H2,1H3. The molecular formula is C27H21N3O5S. The van der Waals surface area contributed by atoms with Gasteiger partial charge < -0.3 is 16.2 Å². The molecule has 4 aromatic carbocycles. The summed E-state index contributed by atoms with van der Waals surface area (Å²) in [6.45, 7) is 1.83. The van der Waals surface area contributed by atoms with Gasteiger partial charge in [0.2, 0.25) is 0 Å². The van der Waals surface area contributed by atoms with Gasteiger partial charge in [0, 0.05) is 17.3 Å². The predicted octanol–water partition coefficient (Wildman–Crippen LogP) is 4.53. The molecule has 0 unspecified atom stereocenters. The van der Waals surface area contributed by atoms with Crippen molar-refractivity contribution in [3.8, 4) is 11.5 Å². The number of nitrogen functional groups attached to an aromatic ring is 2. The summed E-state index contributed by atoms with van der Waals surface area (Å²) in [4.78, 5) is 27.1. The van der Waals surface area contributed by atoms with Gasteiger partial charge in [-0.2, -0.15) is 0 Å². The van der Waals surface area contributed by atoms with Crippen molar-refractivity contribution in [2.75, 3.05) is 16.2 Å². The summed E-state index contributed by atoms with van der Waals surface area (Å²) in [5, 5.41) is 0. The Morgan fingerprint density at radius 2 is 1.47 bits per heavy atom. The molecule has 0 fully saturated rings. The number of anilines is 3. The quantitative estimate of drug-likeness (QED) is 0.302. The number of rotatable bonds is 5. The molecule has 4 aromatic rings. The highest BCUT2D eigenvalue weighted by Gasteiger charge is 2.37. The highest BCUT2D eigenvalue weighted by Crippen LogP contribution is 2.43. The molecule has 36 heavy (non-hydrogen) atoms. The third kappa shape index (κ3) is 3.85. The van der Waals surface area contributed by atoms with E-state index in [-0.39, 0.29) is 50.0 Å². The summed E-state index contributed by atoms with van der Waals surface area (Å²) in [7, 11) is -4.14. The minimum atomic E-state index is -4.14. The molecule has 0 aromatic heterocycles. The van der Waals surface area contributed by atoms with E-state index in [1.807, 2.05) is 6.92 Å². The van der Waals surface area contributed by atoms with Crippen LogP contribution in [0.25, 0.3) is 0 Å². The Morgan fingerprint density at radius 3 is 2.17 bits per heavy atom. The molecule has 0 heterocycles. The Labute approximate surface area is 207 Å². The summed E-state index contributed by atoms with van der Waals surface area (Å²) in [5.41, 5.74) is 12.9. The number of carbonyl (C=O) groups is 2. The maximum atomic E-state index is 13.6. The number of ether oxygens (including phenoxy) is 1. The Morgan fingerprint density at radius 1 is 0.778 bits per heavy atom. The first-order valence-electron chi connectivity index (χ1n) is 10.9. The topological polar surface area (TPSA) is 142 Å². The maximum Gasteiger partial charge on any atom is 0.261 e. The smallest absolute Gasteiger partial charge is 0.261 e. The third-order valence-electron chi connectivity index (χ3n) is 5.90. The number of carbonyl (C=O) groups excluding carboxylic acids is 2. The third-order valence-corrected chi connectivity index (χ3v) is 7.28. The first kappa shape index (κ1) is 23.1. The first-order valence-corrected chi connectivity index (χ1v) is 12.4. The molecule has 8 nitrogen and oxygen atoms in total. The van der Waals surface area contributed by atoms with Crippen LogP contribution in [0.2, 0.25) is 0 Å². The Kier molecular flexibility index (Phi) is 5.49. The number of hydrogen-bond donors (Lipinski definition) is 3. The van der Waals surface area contributed by atoms with E-state index in [0.717, 1.165) is 5.56 Å². The number of nitrogens with one attached hydrogen (secondary N) is 1. The summed E-state index contributed by atoms with van der Waals surface area (Å²) in [6, 6.07) is 20.7. The van der Waals surface area contributed by atoms with E-state index < -0.39 is 21.6 Å². The van der Waals surface area contributed by atoms with E-state index in [0.29, 0.717) is 5.75 Å². The lowest BCUT2D eigenvalue weighted by molar-refractivity contribution is 0.0980. The van der Waals surface area contributed by atoms with Gasteiger partial charge in [0.1, 0.15) is 5.75 Å². The minimum Gasteiger partial charge on any atom is -0.455 e. The van der Waals surface area contributed by atoms with Crippen LogP contribution in [-0.4, -0.2) is 20.0 Å². The van der Waals surface area contributed by atoms with E-state index in [1.165, 1.54) is 30.3 Å². The predicted molar refractivity (Wildman–Crippen MR) is 137 cm³/mol. The SMILES string of the molecule is Cc1ccc(S(=O)(=O)Nc2cc(Oc3ccccc3)c(N)c3c2C(=O)c2c(N)cccc2C3=O)cc1. The molecule has 1 aliphatic rings. The number of para-hydroxylation sites is 1. The molecule has 0 bridgehead atoms. The molecule has 0 amide bonds. The largest absolute Gasteiger partial charge is 0.455 e. The average molecular weight is 500 g/mol. The van der Waals surface area contributed by atoms with Crippen LogP contribution in [-0.2, 0) is 10.0 Å². The van der Waals surface area contributed by atoms with Crippen LogP contribution < -0.4 is 20.9 Å². The first-order chi connectivity index (χ1) is 17.2. The molecule has 0 radical (unpaired) electrons. The van der Waals surface area contributed by atoms with Crippen molar-refractivity contribution in [2.45, 2.75) is 11.8 Å². The summed E-state index contributed by atoms with van der Waals surface area (Å²) in [5.74, 6) is -0.734. The zero-order valence-corrected chi connectivity index (χ0v) is 19.9. The Balaban J connectivity index is 1.73. The lowest BCUT2D eigenvalue weighted by atomic mass is 9.81. The van der Waals surface area contributed by atoms with E-state index in [9.17, 15) is 18.0 Å². The summed E-state index contributed by atoms with van der Waals surface area (Å²) in [6.07, 6.45) is 0. The van der Waals surface area contributed by atoms with Gasteiger partial charge in [0.25, 0.3) is 10.0 Å². The number of sulfonamides is 1. The zero-order valence-electron chi connectivity index (χ0n) is 19.1. The highest BCUT2D eigenvalue weighted by atomic mass is 32.2. The lowest BCUT2D eigenvalue weighted by Gasteiger charge is -2.24. The normalized spacial score (nSPS) is 12.6.